The molecule has 1 aromatic heterocycles. The van der Waals surface area contributed by atoms with Gasteiger partial charge >= 0.3 is 5.97 Å². The summed E-state index contributed by atoms with van der Waals surface area (Å²) in [7, 11) is 0. The molecule has 5 atom stereocenters. The molecule has 2 N–H and O–H groups in total. The van der Waals surface area contributed by atoms with Crippen molar-refractivity contribution in [2.75, 3.05) is 13.2 Å². The van der Waals surface area contributed by atoms with Crippen molar-refractivity contribution in [2.24, 2.45) is 17.8 Å². The van der Waals surface area contributed by atoms with Crippen LogP contribution in [0.5, 0.6) is 0 Å². The summed E-state index contributed by atoms with van der Waals surface area (Å²) in [6.45, 7) is 15.4. The summed E-state index contributed by atoms with van der Waals surface area (Å²) >= 11 is 1.38. The highest BCUT2D eigenvalue weighted by Gasteiger charge is 2.31. The zero-order chi connectivity index (χ0) is 31.2. The molecule has 2 rings (SSSR count). The fourth-order valence-corrected chi connectivity index (χ4v) is 5.97. The lowest BCUT2D eigenvalue weighted by Crippen LogP contribution is -2.45. The fraction of sp³-hybridized carbons (Fsp3) is 0.636. The van der Waals surface area contributed by atoms with Gasteiger partial charge in [0.25, 0.3) is 5.91 Å². The number of nitrogens with zero attached hydrogens (tertiary/aromatic N) is 2. The van der Waals surface area contributed by atoms with Gasteiger partial charge in [0.05, 0.1) is 5.92 Å². The molecule has 1 unspecified atom stereocenters. The fourth-order valence-electron chi connectivity index (χ4n) is 5.11. The first-order valence-electron chi connectivity index (χ1n) is 15.4. The van der Waals surface area contributed by atoms with E-state index in [1.165, 1.54) is 11.3 Å². The Bertz CT molecular complexity index is 1110. The molecule has 0 saturated heterocycles. The first-order chi connectivity index (χ1) is 20.0. The molecule has 0 spiro atoms. The van der Waals surface area contributed by atoms with Crippen LogP contribution < -0.4 is 5.32 Å². The van der Waals surface area contributed by atoms with Crippen molar-refractivity contribution in [1.29, 1.82) is 0 Å². The quantitative estimate of drug-likeness (QED) is 0.184. The van der Waals surface area contributed by atoms with E-state index in [4.69, 9.17) is 4.74 Å². The summed E-state index contributed by atoms with van der Waals surface area (Å²) in [6.07, 6.45) is 3.45. The minimum absolute atomic E-state index is 0.0213. The van der Waals surface area contributed by atoms with Crippen LogP contribution >= 0.6 is 11.3 Å². The van der Waals surface area contributed by atoms with Crippen LogP contribution in [0.4, 0.5) is 0 Å². The molecule has 0 bridgehead atoms. The maximum Gasteiger partial charge on any atom is 0.306 e. The van der Waals surface area contributed by atoms with Crippen molar-refractivity contribution in [3.8, 4) is 0 Å². The Balaban J connectivity index is 2.25. The lowest BCUT2D eigenvalue weighted by atomic mass is 9.94. The van der Waals surface area contributed by atoms with Crippen LogP contribution in [-0.4, -0.2) is 58.0 Å². The van der Waals surface area contributed by atoms with Gasteiger partial charge in [0, 0.05) is 43.5 Å². The molecule has 0 aliphatic carbocycles. The minimum atomic E-state index is -0.891. The Morgan fingerprint density at radius 2 is 1.74 bits per heavy atom. The number of thiazole rings is 1. The van der Waals surface area contributed by atoms with E-state index in [1.807, 2.05) is 42.2 Å². The number of hydrogen-bond donors (Lipinski definition) is 2. The van der Waals surface area contributed by atoms with E-state index < -0.39 is 11.9 Å². The molecular formula is C33H51N3O5S. The van der Waals surface area contributed by atoms with E-state index in [0.29, 0.717) is 55.5 Å². The van der Waals surface area contributed by atoms with Gasteiger partial charge in [-0.15, -0.1) is 11.3 Å². The number of carbonyl (C=O) groups excluding carboxylic acids is 2. The van der Waals surface area contributed by atoms with E-state index in [-0.39, 0.29) is 35.9 Å². The molecule has 0 fully saturated rings. The minimum Gasteiger partial charge on any atom is -0.481 e. The smallest absolute Gasteiger partial charge is 0.306 e. The van der Waals surface area contributed by atoms with E-state index in [9.17, 15) is 19.5 Å². The summed E-state index contributed by atoms with van der Waals surface area (Å²) in [5.74, 6) is -1.09. The number of rotatable bonds is 19. The second-order valence-corrected chi connectivity index (χ2v) is 12.6. The van der Waals surface area contributed by atoms with Crippen molar-refractivity contribution < 1.29 is 24.2 Å². The monoisotopic (exact) mass is 601 g/mol. The molecule has 2 amide bonds. The Morgan fingerprint density at radius 3 is 2.31 bits per heavy atom. The highest BCUT2D eigenvalue weighted by molar-refractivity contribution is 7.09. The van der Waals surface area contributed by atoms with Crippen molar-refractivity contribution >= 4 is 29.1 Å². The highest BCUT2D eigenvalue weighted by atomic mass is 32.1. The standard InChI is InChI=1S/C33H51N3O5S/c1-8-16-36(30(37)17-23(6)9-2)28(22(4)5)20-29(41-10-3)32-35-27(21-42-32)31(38)34-26(18-24(7)33(39)40)19-25-14-12-11-13-15-25/h11-15,21-24,26,28-29H,8-10,16-20H2,1-7H3,(H,34,38)(H,39,40)/t23-,24-,26+,28?,29+/m0/s1. The molecule has 1 aromatic carbocycles. The average Bonchev–Trinajstić information content (AvgIpc) is 3.45. The SMILES string of the molecule is CCCN(C(=O)C[C@@H](C)CC)C(C[C@@H](OCC)c1nc(C(=O)N[C@@H](Cc2ccccc2)C[C@H](C)C(=O)O)cs1)C(C)C. The van der Waals surface area contributed by atoms with Crippen molar-refractivity contribution in [3.63, 3.8) is 0 Å². The summed E-state index contributed by atoms with van der Waals surface area (Å²) in [6, 6.07) is 9.35. The lowest BCUT2D eigenvalue weighted by molar-refractivity contribution is -0.141. The molecule has 42 heavy (non-hydrogen) atoms. The van der Waals surface area contributed by atoms with E-state index in [1.54, 1.807) is 12.3 Å². The Morgan fingerprint density at radius 1 is 1.05 bits per heavy atom. The summed E-state index contributed by atoms with van der Waals surface area (Å²) in [5, 5.41) is 14.9. The third-order valence-electron chi connectivity index (χ3n) is 7.75. The maximum atomic E-state index is 13.4. The van der Waals surface area contributed by atoms with Crippen LogP contribution in [-0.2, 0) is 20.7 Å². The third-order valence-corrected chi connectivity index (χ3v) is 8.68. The highest BCUT2D eigenvalue weighted by Crippen LogP contribution is 2.31. The van der Waals surface area contributed by atoms with Gasteiger partial charge in [0.1, 0.15) is 16.8 Å². The predicted octanol–water partition coefficient (Wildman–Crippen LogP) is 6.76. The van der Waals surface area contributed by atoms with Crippen LogP contribution in [0.25, 0.3) is 0 Å². The zero-order valence-electron chi connectivity index (χ0n) is 26.5. The van der Waals surface area contributed by atoms with Gasteiger partial charge in [-0.2, -0.15) is 0 Å². The van der Waals surface area contributed by atoms with Gasteiger partial charge in [-0.3, -0.25) is 14.4 Å². The zero-order valence-corrected chi connectivity index (χ0v) is 27.3. The number of amides is 2. The van der Waals surface area contributed by atoms with Crippen LogP contribution in [0.1, 0.15) is 108 Å². The second-order valence-electron chi connectivity index (χ2n) is 11.7. The number of carboxylic acids is 1. The van der Waals surface area contributed by atoms with Gasteiger partial charge in [-0.25, -0.2) is 4.98 Å². The molecule has 8 nitrogen and oxygen atoms in total. The third kappa shape index (κ3) is 11.1. The molecule has 1 heterocycles. The molecule has 9 heteroatoms. The van der Waals surface area contributed by atoms with Crippen molar-refractivity contribution in [1.82, 2.24) is 15.2 Å². The first-order valence-corrected chi connectivity index (χ1v) is 16.3. The summed E-state index contributed by atoms with van der Waals surface area (Å²) in [5.41, 5.74) is 1.31. The van der Waals surface area contributed by atoms with E-state index in [0.717, 1.165) is 18.4 Å². The number of aliphatic carboxylic acids is 1. The van der Waals surface area contributed by atoms with E-state index in [2.05, 4.69) is 44.9 Å². The van der Waals surface area contributed by atoms with Gasteiger partial charge in [-0.05, 0) is 43.6 Å². The first kappa shape index (κ1) is 35.4. The van der Waals surface area contributed by atoms with Gasteiger partial charge in [0.15, 0.2) is 0 Å². The van der Waals surface area contributed by atoms with Gasteiger partial charge < -0.3 is 20.1 Å². The van der Waals surface area contributed by atoms with Crippen LogP contribution in [0.2, 0.25) is 0 Å². The number of benzene rings is 1. The van der Waals surface area contributed by atoms with Crippen LogP contribution in [0.3, 0.4) is 0 Å². The number of carboxylic acid groups (broad SMARTS) is 1. The van der Waals surface area contributed by atoms with E-state index >= 15 is 0 Å². The molecule has 0 radical (unpaired) electrons. The number of aromatic nitrogens is 1. The lowest BCUT2D eigenvalue weighted by Gasteiger charge is -2.37. The normalized spacial score (nSPS) is 15.0. The number of carbonyl (C=O) groups is 3. The Hall–Kier alpha value is -2.78. The average molecular weight is 602 g/mol. The van der Waals surface area contributed by atoms with Gasteiger partial charge in [0.2, 0.25) is 5.91 Å². The summed E-state index contributed by atoms with van der Waals surface area (Å²) in [4.78, 5) is 45.0. The Kier molecular flexibility index (Phi) is 15.2. The topological polar surface area (TPSA) is 109 Å². The molecule has 0 saturated carbocycles. The second kappa shape index (κ2) is 18.0. The largest absolute Gasteiger partial charge is 0.481 e. The molecular weight excluding hydrogens is 550 g/mol. The molecule has 0 aliphatic heterocycles. The number of hydrogen-bond acceptors (Lipinski definition) is 6. The molecule has 2 aromatic rings. The van der Waals surface area contributed by atoms with Crippen molar-refractivity contribution in [2.45, 2.75) is 105 Å². The molecule has 0 aliphatic rings. The predicted molar refractivity (Wildman–Crippen MR) is 169 cm³/mol. The van der Waals surface area contributed by atoms with Crippen LogP contribution in [0, 0.1) is 17.8 Å². The van der Waals surface area contributed by atoms with Crippen molar-refractivity contribution in [3.05, 3.63) is 52.0 Å². The Labute approximate surface area is 256 Å². The van der Waals surface area contributed by atoms with Crippen LogP contribution in [0.15, 0.2) is 35.7 Å². The number of ether oxygens (including phenoxy) is 1. The molecule has 234 valence electrons. The maximum absolute atomic E-state index is 13.4. The van der Waals surface area contributed by atoms with Gasteiger partial charge in [-0.1, -0.05) is 78.3 Å². The summed E-state index contributed by atoms with van der Waals surface area (Å²) < 4.78 is 6.16. The number of nitrogens with one attached hydrogen (secondary N) is 1.